The lowest BCUT2D eigenvalue weighted by atomic mass is 10.1. The summed E-state index contributed by atoms with van der Waals surface area (Å²) in [4.78, 5) is 23.4. The number of ether oxygens (including phenoxy) is 2. The fraction of sp³-hybridized carbons (Fsp3) is 0.652. The minimum atomic E-state index is -0.212. The zero-order chi connectivity index (χ0) is 20.5. The van der Waals surface area contributed by atoms with Crippen molar-refractivity contribution in [1.82, 2.24) is 0 Å². The van der Waals surface area contributed by atoms with E-state index in [1.54, 1.807) is 12.1 Å². The number of hydrogen-bond acceptors (Lipinski definition) is 4. The molecule has 0 amide bonds. The summed E-state index contributed by atoms with van der Waals surface area (Å²) in [7, 11) is 0. The summed E-state index contributed by atoms with van der Waals surface area (Å²) in [5.41, 5.74) is 0.918. The molecule has 0 aliphatic heterocycles. The molecule has 1 rings (SSSR count). The van der Waals surface area contributed by atoms with Crippen LogP contribution in [0.15, 0.2) is 24.3 Å². The lowest BCUT2D eigenvalue weighted by Gasteiger charge is -2.06. The van der Waals surface area contributed by atoms with Crippen molar-refractivity contribution in [3.05, 3.63) is 34.9 Å². The maximum atomic E-state index is 11.7. The first-order chi connectivity index (χ1) is 13.6. The highest BCUT2D eigenvalue weighted by Gasteiger charge is 2.06. The average Bonchev–Trinajstić information content (AvgIpc) is 2.69. The molecular weight excluding hydrogens is 376 g/mol. The predicted molar refractivity (Wildman–Crippen MR) is 113 cm³/mol. The Morgan fingerprint density at radius 1 is 0.750 bits per heavy atom. The first-order valence-electron chi connectivity index (χ1n) is 10.7. The average molecular weight is 411 g/mol. The van der Waals surface area contributed by atoms with E-state index in [-0.39, 0.29) is 18.5 Å². The molecule has 0 atom stereocenters. The molecule has 0 aliphatic carbocycles. The third-order valence-corrected chi connectivity index (χ3v) is 4.84. The molecule has 1 aromatic rings. The van der Waals surface area contributed by atoms with Crippen LogP contribution in [0.25, 0.3) is 0 Å². The van der Waals surface area contributed by atoms with E-state index in [4.69, 9.17) is 21.1 Å². The van der Waals surface area contributed by atoms with Gasteiger partial charge in [-0.1, -0.05) is 75.6 Å². The molecule has 0 radical (unpaired) electrons. The summed E-state index contributed by atoms with van der Waals surface area (Å²) in [5.74, 6) is -0.340. The summed E-state index contributed by atoms with van der Waals surface area (Å²) in [5, 5.41) is 0.663. The largest absolute Gasteiger partial charge is 0.466 e. The quantitative estimate of drug-likeness (QED) is 0.227. The Morgan fingerprint density at radius 3 is 1.93 bits per heavy atom. The smallest absolute Gasteiger partial charge is 0.306 e. The Kier molecular flexibility index (Phi) is 14.4. The zero-order valence-electron chi connectivity index (χ0n) is 17.2. The number of esters is 2. The van der Waals surface area contributed by atoms with Crippen molar-refractivity contribution in [2.24, 2.45) is 0 Å². The molecule has 158 valence electrons. The van der Waals surface area contributed by atoms with Crippen LogP contribution in [-0.4, -0.2) is 18.5 Å². The Morgan fingerprint density at radius 2 is 1.29 bits per heavy atom. The van der Waals surface area contributed by atoms with Gasteiger partial charge in [0.15, 0.2) is 0 Å². The topological polar surface area (TPSA) is 52.6 Å². The summed E-state index contributed by atoms with van der Waals surface area (Å²) >= 11 is 5.82. The molecule has 5 heteroatoms. The highest BCUT2D eigenvalue weighted by molar-refractivity contribution is 6.30. The Labute approximate surface area is 174 Å². The first kappa shape index (κ1) is 24.5. The van der Waals surface area contributed by atoms with E-state index < -0.39 is 0 Å². The van der Waals surface area contributed by atoms with E-state index in [1.807, 2.05) is 12.1 Å². The predicted octanol–water partition coefficient (Wildman–Crippen LogP) is 6.63. The highest BCUT2D eigenvalue weighted by atomic mass is 35.5. The van der Waals surface area contributed by atoms with Crippen LogP contribution in [0.5, 0.6) is 0 Å². The molecule has 0 saturated carbocycles. The van der Waals surface area contributed by atoms with Crippen LogP contribution in [-0.2, 0) is 25.7 Å². The molecule has 4 nitrogen and oxygen atoms in total. The minimum absolute atomic E-state index is 0.128. The number of halogens is 1. The summed E-state index contributed by atoms with van der Waals surface area (Å²) in [6.45, 7) is 3.01. The first-order valence-corrected chi connectivity index (χ1v) is 11.0. The van der Waals surface area contributed by atoms with Crippen molar-refractivity contribution < 1.29 is 19.1 Å². The van der Waals surface area contributed by atoms with Gasteiger partial charge in [-0.15, -0.1) is 0 Å². The van der Waals surface area contributed by atoms with Crippen molar-refractivity contribution in [1.29, 1.82) is 0 Å². The van der Waals surface area contributed by atoms with Gasteiger partial charge in [-0.05, 0) is 37.0 Å². The molecule has 0 aliphatic rings. The van der Waals surface area contributed by atoms with Crippen LogP contribution in [0, 0.1) is 0 Å². The normalized spacial score (nSPS) is 10.6. The molecule has 0 bridgehead atoms. The lowest BCUT2D eigenvalue weighted by Crippen LogP contribution is -2.06. The van der Waals surface area contributed by atoms with Crippen LogP contribution in [0.1, 0.15) is 89.5 Å². The monoisotopic (exact) mass is 410 g/mol. The van der Waals surface area contributed by atoms with Crippen LogP contribution >= 0.6 is 11.6 Å². The minimum Gasteiger partial charge on any atom is -0.466 e. The van der Waals surface area contributed by atoms with E-state index >= 15 is 0 Å². The Bertz CT molecular complexity index is 542. The molecule has 0 saturated heterocycles. The van der Waals surface area contributed by atoms with Crippen molar-refractivity contribution in [2.75, 3.05) is 6.61 Å². The molecule has 0 spiro atoms. The Hall–Kier alpha value is -1.55. The molecule has 0 unspecified atom stereocenters. The highest BCUT2D eigenvalue weighted by Crippen LogP contribution is 2.12. The second-order valence-corrected chi connectivity index (χ2v) is 7.63. The van der Waals surface area contributed by atoms with Gasteiger partial charge < -0.3 is 9.47 Å². The van der Waals surface area contributed by atoms with Crippen LogP contribution in [0.2, 0.25) is 5.02 Å². The van der Waals surface area contributed by atoms with Gasteiger partial charge in [0.25, 0.3) is 0 Å². The number of rotatable bonds is 16. The van der Waals surface area contributed by atoms with E-state index in [0.29, 0.717) is 24.5 Å². The number of benzene rings is 1. The standard InChI is InChI=1S/C23H35ClO4/c1-2-3-4-5-6-7-11-18-27-22(25)12-9-8-10-13-23(26)28-19-20-14-16-21(24)17-15-20/h14-17H,2-13,18-19H2,1H3. The fourth-order valence-electron chi connectivity index (χ4n) is 2.85. The molecule has 0 aromatic heterocycles. The van der Waals surface area contributed by atoms with Gasteiger partial charge in [0.05, 0.1) is 6.61 Å². The second-order valence-electron chi connectivity index (χ2n) is 7.19. The zero-order valence-corrected chi connectivity index (χ0v) is 18.0. The SMILES string of the molecule is CCCCCCCCCOC(=O)CCCCCC(=O)OCc1ccc(Cl)cc1. The van der Waals surface area contributed by atoms with E-state index in [9.17, 15) is 9.59 Å². The van der Waals surface area contributed by atoms with Crippen LogP contribution < -0.4 is 0 Å². The molecule has 0 N–H and O–H groups in total. The van der Waals surface area contributed by atoms with Gasteiger partial charge in [0.2, 0.25) is 0 Å². The third kappa shape index (κ3) is 13.6. The second kappa shape index (κ2) is 16.4. The molecule has 1 aromatic carbocycles. The third-order valence-electron chi connectivity index (χ3n) is 4.59. The van der Waals surface area contributed by atoms with Crippen molar-refractivity contribution in [3.63, 3.8) is 0 Å². The number of carbonyl (C=O) groups excluding carboxylic acids is 2. The van der Waals surface area contributed by atoms with Gasteiger partial charge in [-0.25, -0.2) is 0 Å². The summed E-state index contributed by atoms with van der Waals surface area (Å²) in [6, 6.07) is 7.23. The number of carbonyl (C=O) groups is 2. The van der Waals surface area contributed by atoms with Gasteiger partial charge in [-0.2, -0.15) is 0 Å². The van der Waals surface area contributed by atoms with Gasteiger partial charge in [-0.3, -0.25) is 9.59 Å². The van der Waals surface area contributed by atoms with Crippen molar-refractivity contribution in [3.8, 4) is 0 Å². The molecule has 0 fully saturated rings. The lowest BCUT2D eigenvalue weighted by molar-refractivity contribution is -0.145. The van der Waals surface area contributed by atoms with Gasteiger partial charge in [0.1, 0.15) is 6.61 Å². The summed E-state index contributed by atoms with van der Waals surface area (Å²) < 4.78 is 10.5. The maximum Gasteiger partial charge on any atom is 0.306 e. The molecular formula is C23H35ClO4. The van der Waals surface area contributed by atoms with Gasteiger partial charge >= 0.3 is 11.9 Å². The van der Waals surface area contributed by atoms with Gasteiger partial charge in [0, 0.05) is 17.9 Å². The maximum absolute atomic E-state index is 11.7. The number of hydrogen-bond donors (Lipinski definition) is 0. The van der Waals surface area contributed by atoms with Crippen molar-refractivity contribution in [2.45, 2.75) is 90.6 Å². The fourth-order valence-corrected chi connectivity index (χ4v) is 2.98. The summed E-state index contributed by atoms with van der Waals surface area (Å²) in [6.07, 6.45) is 11.6. The number of unbranched alkanes of at least 4 members (excludes halogenated alkanes) is 8. The van der Waals surface area contributed by atoms with E-state index in [0.717, 1.165) is 37.7 Å². The Balaban J connectivity index is 1.91. The van der Waals surface area contributed by atoms with Crippen LogP contribution in [0.4, 0.5) is 0 Å². The molecule has 0 heterocycles. The van der Waals surface area contributed by atoms with Crippen molar-refractivity contribution >= 4 is 23.5 Å². The van der Waals surface area contributed by atoms with E-state index in [2.05, 4.69) is 6.92 Å². The van der Waals surface area contributed by atoms with E-state index in [1.165, 1.54) is 32.1 Å². The van der Waals surface area contributed by atoms with Crippen LogP contribution in [0.3, 0.4) is 0 Å². The molecule has 28 heavy (non-hydrogen) atoms.